The van der Waals surface area contributed by atoms with E-state index in [0.717, 1.165) is 6.07 Å². The van der Waals surface area contributed by atoms with E-state index in [-0.39, 0.29) is 17.3 Å². The van der Waals surface area contributed by atoms with Crippen molar-refractivity contribution < 1.29 is 0 Å². The lowest BCUT2D eigenvalue weighted by Gasteiger charge is -1.90. The molecule has 0 spiro atoms. The first-order valence-electron chi connectivity index (χ1n) is 2.31. The minimum Gasteiger partial charge on any atom is -0.383 e. The van der Waals surface area contributed by atoms with E-state index < -0.39 is 0 Å². The average molecular weight is 129 g/mol. The zero-order valence-corrected chi connectivity index (χ0v) is 4.59. The maximum Gasteiger partial charge on any atom is 0.254 e. The minimum absolute atomic E-state index is 0.0417. The standard InChI is InChI=1S/C4H6N4O/c5-2-1-3(9)8-4(6)7-2/h1H,(H5,5,6,7,8,9)/i6+1,7+1,8+1. The third-order valence-electron chi connectivity index (χ3n) is 0.780. The molecular formula is C4H6N4O. The van der Waals surface area contributed by atoms with Crippen molar-refractivity contribution in [1.29, 1.82) is 0 Å². The minimum atomic E-state index is -0.333. The fourth-order valence-electron chi connectivity index (χ4n) is 0.496. The first-order chi connectivity index (χ1) is 4.18. The van der Waals surface area contributed by atoms with Crippen LogP contribution >= 0.6 is 0 Å². The highest BCUT2D eigenvalue weighted by atomic mass is 16.2. The Morgan fingerprint density at radius 1 is 1.56 bits per heavy atom. The summed E-state index contributed by atoms with van der Waals surface area (Å²) in [5, 5.41) is 0. The Labute approximate surface area is 50.7 Å². The number of rotatable bonds is 0. The van der Waals surface area contributed by atoms with Crippen LogP contribution in [0.25, 0.3) is 0 Å². The van der Waals surface area contributed by atoms with Crippen LogP contribution in [-0.4, -0.2) is 9.97 Å². The molecule has 0 saturated carbocycles. The molecule has 0 saturated heterocycles. The predicted molar refractivity (Wildman–Crippen MR) is 33.7 cm³/mol. The molecule has 0 bridgehead atoms. The van der Waals surface area contributed by atoms with Crippen molar-refractivity contribution >= 4 is 11.8 Å². The molecule has 0 aliphatic carbocycles. The molecular weight excluding hydrogens is 123 g/mol. The monoisotopic (exact) mass is 129 g/mol. The van der Waals surface area contributed by atoms with Gasteiger partial charge in [0.05, 0.1) is 0 Å². The third kappa shape index (κ3) is 1.18. The topological polar surface area (TPSA) is 97.8 Å². The second-order valence-electron chi connectivity index (χ2n) is 1.56. The van der Waals surface area contributed by atoms with Crippen LogP contribution in [0.15, 0.2) is 10.9 Å². The van der Waals surface area contributed by atoms with Crippen LogP contribution in [0.3, 0.4) is 0 Å². The number of hydrogen-bond acceptors (Lipinski definition) is 4. The van der Waals surface area contributed by atoms with Gasteiger partial charge in [-0.05, 0) is 0 Å². The maximum absolute atomic E-state index is 10.5. The summed E-state index contributed by atoms with van der Waals surface area (Å²) >= 11 is 0. The van der Waals surface area contributed by atoms with Crippen LogP contribution in [-0.2, 0) is 0 Å². The Kier molecular flexibility index (Phi) is 1.11. The number of hydrogen-bond donors (Lipinski definition) is 3. The third-order valence-corrected chi connectivity index (χ3v) is 0.780. The van der Waals surface area contributed by atoms with Crippen LogP contribution in [0.4, 0.5) is 11.8 Å². The second-order valence-corrected chi connectivity index (χ2v) is 1.56. The maximum atomic E-state index is 10.5. The quantitative estimate of drug-likeness (QED) is 0.388. The highest BCUT2D eigenvalue weighted by Gasteiger charge is 1.89. The molecule has 0 fully saturated rings. The van der Waals surface area contributed by atoms with Gasteiger partial charge in [0, 0.05) is 6.07 Å². The van der Waals surface area contributed by atoms with E-state index in [1.807, 2.05) is 0 Å². The van der Waals surface area contributed by atoms with Gasteiger partial charge in [0.25, 0.3) is 5.56 Å². The van der Waals surface area contributed by atoms with Crippen molar-refractivity contribution in [3.8, 4) is 0 Å². The number of nitrogen functional groups attached to an aromatic ring is 2. The van der Waals surface area contributed by atoms with Crippen molar-refractivity contribution in [2.75, 3.05) is 11.5 Å². The lowest BCUT2D eigenvalue weighted by Crippen LogP contribution is -2.11. The largest absolute Gasteiger partial charge is 0.383 e. The fraction of sp³-hybridized carbons (Fsp3) is 0. The first-order valence-corrected chi connectivity index (χ1v) is 2.31. The van der Waals surface area contributed by atoms with Gasteiger partial charge < -0.3 is 11.5 Å². The van der Waals surface area contributed by atoms with E-state index in [1.54, 1.807) is 0 Å². The molecule has 0 aliphatic heterocycles. The van der Waals surface area contributed by atoms with E-state index in [9.17, 15) is 4.79 Å². The molecule has 1 rings (SSSR count). The van der Waals surface area contributed by atoms with E-state index in [4.69, 9.17) is 11.5 Å². The van der Waals surface area contributed by atoms with Gasteiger partial charge in [-0.3, -0.25) is 9.78 Å². The van der Waals surface area contributed by atoms with Gasteiger partial charge in [0.2, 0.25) is 5.95 Å². The Hall–Kier alpha value is -1.52. The van der Waals surface area contributed by atoms with E-state index >= 15 is 0 Å². The molecule has 48 valence electrons. The normalized spacial score (nSPS) is 9.33. The Bertz CT molecular complexity index is 242. The number of nitrogens with zero attached hydrogens (tertiary/aromatic N) is 1. The van der Waals surface area contributed by atoms with Gasteiger partial charge in [0.15, 0.2) is 0 Å². The molecule has 0 aliphatic rings. The first kappa shape index (κ1) is 5.61. The van der Waals surface area contributed by atoms with E-state index in [2.05, 4.69) is 9.97 Å². The summed E-state index contributed by atoms with van der Waals surface area (Å²) < 4.78 is 0. The number of aromatic nitrogens is 2. The van der Waals surface area contributed by atoms with E-state index in [0.29, 0.717) is 0 Å². The van der Waals surface area contributed by atoms with Crippen molar-refractivity contribution in [2.45, 2.75) is 0 Å². The Morgan fingerprint density at radius 2 is 2.22 bits per heavy atom. The molecule has 9 heavy (non-hydrogen) atoms. The molecule has 1 aromatic rings. The van der Waals surface area contributed by atoms with Gasteiger partial charge >= 0.3 is 0 Å². The summed E-state index contributed by atoms with van der Waals surface area (Å²) in [7, 11) is 0. The molecule has 0 aromatic carbocycles. The zero-order chi connectivity index (χ0) is 6.85. The van der Waals surface area contributed by atoms with Crippen molar-refractivity contribution in [3.63, 3.8) is 0 Å². The number of aromatic amines is 1. The summed E-state index contributed by atoms with van der Waals surface area (Å²) in [6, 6.07) is 1.16. The summed E-state index contributed by atoms with van der Waals surface area (Å²) in [6.07, 6.45) is 0. The summed E-state index contributed by atoms with van der Waals surface area (Å²) in [5.74, 6) is 0.177. The van der Waals surface area contributed by atoms with Gasteiger partial charge in [-0.2, -0.15) is 4.98 Å². The lowest BCUT2D eigenvalue weighted by atomic mass is 10.6. The molecule has 0 unspecified atom stereocenters. The molecule has 1 heterocycles. The van der Waals surface area contributed by atoms with Crippen LogP contribution in [0, 0.1) is 0 Å². The second kappa shape index (κ2) is 1.77. The molecule has 0 radical (unpaired) electrons. The molecule has 0 amide bonds. The Balaban J connectivity index is 3.33. The number of nitrogens with one attached hydrogen (secondary N) is 1. The lowest BCUT2D eigenvalue weighted by molar-refractivity contribution is 1.14. The highest BCUT2D eigenvalue weighted by molar-refractivity contribution is 5.31. The number of H-pyrrole nitrogens is 1. The molecule has 5 heteroatoms. The van der Waals surface area contributed by atoms with Crippen LogP contribution in [0.5, 0.6) is 0 Å². The smallest absolute Gasteiger partial charge is 0.254 e. The van der Waals surface area contributed by atoms with E-state index in [1.165, 1.54) is 0 Å². The van der Waals surface area contributed by atoms with Gasteiger partial charge in [0.1, 0.15) is 5.82 Å². The average Bonchev–Trinajstić information content (AvgIpc) is 1.59. The molecule has 5 nitrogen and oxygen atoms in total. The summed E-state index contributed by atoms with van der Waals surface area (Å²) in [4.78, 5) is 16.2. The number of nitrogens with two attached hydrogens (primary N) is 2. The highest BCUT2D eigenvalue weighted by Crippen LogP contribution is 1.89. The zero-order valence-electron chi connectivity index (χ0n) is 4.59. The SMILES string of the molecule is Nc1cc(=O)[15nH]c([15NH2])[15n]1. The van der Waals surface area contributed by atoms with Crippen molar-refractivity contribution in [1.82, 2.24) is 9.97 Å². The van der Waals surface area contributed by atoms with Gasteiger partial charge in [-0.1, -0.05) is 0 Å². The molecule has 5 N–H and O–H groups in total. The number of anilines is 2. The van der Waals surface area contributed by atoms with Crippen LogP contribution in [0.1, 0.15) is 0 Å². The predicted octanol–water partition coefficient (Wildman–Crippen LogP) is -1.07. The summed E-state index contributed by atoms with van der Waals surface area (Å²) in [5.41, 5.74) is 9.93. The molecule has 0 atom stereocenters. The fourth-order valence-corrected chi connectivity index (χ4v) is 0.496. The van der Waals surface area contributed by atoms with Crippen LogP contribution in [0.2, 0.25) is 0 Å². The van der Waals surface area contributed by atoms with Crippen LogP contribution < -0.4 is 17.0 Å². The summed E-state index contributed by atoms with van der Waals surface area (Å²) in [6.45, 7) is 0. The molecule has 1 aromatic heterocycles. The van der Waals surface area contributed by atoms with Gasteiger partial charge in [-0.25, -0.2) is 0 Å². The Morgan fingerprint density at radius 3 is 2.67 bits per heavy atom. The van der Waals surface area contributed by atoms with Gasteiger partial charge in [-0.15, -0.1) is 0 Å². The van der Waals surface area contributed by atoms with Crippen molar-refractivity contribution in [3.05, 3.63) is 16.4 Å². The van der Waals surface area contributed by atoms with Crippen molar-refractivity contribution in [2.24, 2.45) is 0 Å².